The summed E-state index contributed by atoms with van der Waals surface area (Å²) in [6.45, 7) is 2.79. The summed E-state index contributed by atoms with van der Waals surface area (Å²) in [4.78, 5) is 12.2. The molecule has 0 unspecified atom stereocenters. The summed E-state index contributed by atoms with van der Waals surface area (Å²) < 4.78 is 0. The van der Waals surface area contributed by atoms with E-state index < -0.39 is 0 Å². The molecule has 0 aliphatic rings. The normalized spacial score (nSPS) is 10.4. The van der Waals surface area contributed by atoms with E-state index in [1.807, 2.05) is 35.7 Å². The predicted molar refractivity (Wildman–Crippen MR) is 81.4 cm³/mol. The van der Waals surface area contributed by atoms with E-state index in [2.05, 4.69) is 12.2 Å². The third-order valence-electron chi connectivity index (χ3n) is 2.95. The summed E-state index contributed by atoms with van der Waals surface area (Å²) in [6, 6.07) is 9.86. The van der Waals surface area contributed by atoms with Crippen LogP contribution in [0.5, 0.6) is 0 Å². The molecule has 19 heavy (non-hydrogen) atoms. The first kappa shape index (κ1) is 13.6. The molecule has 0 aliphatic heterocycles. The Bertz CT molecular complexity index is 549. The average Bonchev–Trinajstić information content (AvgIpc) is 2.82. The SMILES string of the molecule is CCCCNC(=O)c1c(-c2ccccc2)csc1N. The maximum Gasteiger partial charge on any atom is 0.254 e. The van der Waals surface area contributed by atoms with Gasteiger partial charge >= 0.3 is 0 Å². The molecular weight excluding hydrogens is 256 g/mol. The number of thiophene rings is 1. The van der Waals surface area contributed by atoms with Gasteiger partial charge in [0.05, 0.1) is 10.6 Å². The van der Waals surface area contributed by atoms with Crippen LogP contribution in [0.15, 0.2) is 35.7 Å². The second-order valence-electron chi connectivity index (χ2n) is 4.36. The Hall–Kier alpha value is -1.81. The predicted octanol–water partition coefficient (Wildman–Crippen LogP) is 3.53. The zero-order chi connectivity index (χ0) is 13.7. The van der Waals surface area contributed by atoms with Crippen molar-refractivity contribution < 1.29 is 4.79 Å². The van der Waals surface area contributed by atoms with Crippen LogP contribution < -0.4 is 11.1 Å². The first-order valence-electron chi connectivity index (χ1n) is 6.44. The fourth-order valence-electron chi connectivity index (χ4n) is 1.90. The van der Waals surface area contributed by atoms with Gasteiger partial charge in [0.2, 0.25) is 0 Å². The van der Waals surface area contributed by atoms with Crippen LogP contribution in [0.4, 0.5) is 5.00 Å². The van der Waals surface area contributed by atoms with Crippen LogP contribution in [0.1, 0.15) is 30.1 Å². The van der Waals surface area contributed by atoms with Gasteiger partial charge in [-0.25, -0.2) is 0 Å². The lowest BCUT2D eigenvalue weighted by Crippen LogP contribution is -2.25. The van der Waals surface area contributed by atoms with Gasteiger partial charge in [-0.3, -0.25) is 4.79 Å². The van der Waals surface area contributed by atoms with Crippen LogP contribution in [-0.4, -0.2) is 12.5 Å². The van der Waals surface area contributed by atoms with Gasteiger partial charge in [0.25, 0.3) is 5.91 Å². The van der Waals surface area contributed by atoms with E-state index in [4.69, 9.17) is 5.73 Å². The number of hydrogen-bond donors (Lipinski definition) is 2. The van der Waals surface area contributed by atoms with Crippen molar-refractivity contribution >= 4 is 22.2 Å². The number of nitrogens with one attached hydrogen (secondary N) is 1. The van der Waals surface area contributed by atoms with E-state index in [9.17, 15) is 4.79 Å². The maximum absolute atomic E-state index is 12.2. The molecule has 1 aromatic heterocycles. The highest BCUT2D eigenvalue weighted by atomic mass is 32.1. The Morgan fingerprint density at radius 2 is 2.05 bits per heavy atom. The molecule has 2 rings (SSSR count). The van der Waals surface area contributed by atoms with Gasteiger partial charge in [-0.2, -0.15) is 0 Å². The molecule has 100 valence electrons. The van der Waals surface area contributed by atoms with Crippen molar-refractivity contribution in [3.8, 4) is 11.1 Å². The molecule has 3 N–H and O–H groups in total. The van der Waals surface area contributed by atoms with Crippen LogP contribution in [0.2, 0.25) is 0 Å². The Labute approximate surface area is 117 Å². The average molecular weight is 274 g/mol. The Morgan fingerprint density at radius 1 is 1.32 bits per heavy atom. The zero-order valence-electron chi connectivity index (χ0n) is 11.0. The number of anilines is 1. The van der Waals surface area contributed by atoms with Gasteiger partial charge in [-0.05, 0) is 12.0 Å². The number of hydrogen-bond acceptors (Lipinski definition) is 3. The topological polar surface area (TPSA) is 55.1 Å². The highest BCUT2D eigenvalue weighted by Gasteiger charge is 2.17. The minimum absolute atomic E-state index is 0.0777. The summed E-state index contributed by atoms with van der Waals surface area (Å²) in [6.07, 6.45) is 2.04. The van der Waals surface area contributed by atoms with E-state index in [1.54, 1.807) is 0 Å². The number of nitrogen functional groups attached to an aromatic ring is 1. The molecule has 4 heteroatoms. The standard InChI is InChI=1S/C15H18N2OS/c1-2-3-9-17-15(18)13-12(10-19-14(13)16)11-7-5-4-6-8-11/h4-8,10H,2-3,9,16H2,1H3,(H,17,18). The van der Waals surface area contributed by atoms with Gasteiger partial charge < -0.3 is 11.1 Å². The number of benzene rings is 1. The minimum atomic E-state index is -0.0777. The molecule has 0 atom stereocenters. The van der Waals surface area contributed by atoms with Gasteiger partial charge in [0.1, 0.15) is 0 Å². The first-order valence-corrected chi connectivity index (χ1v) is 7.32. The molecule has 1 aromatic carbocycles. The monoisotopic (exact) mass is 274 g/mol. The lowest BCUT2D eigenvalue weighted by atomic mass is 10.0. The second-order valence-corrected chi connectivity index (χ2v) is 5.28. The van der Waals surface area contributed by atoms with Gasteiger partial charge in [-0.1, -0.05) is 43.7 Å². The smallest absolute Gasteiger partial charge is 0.254 e. The van der Waals surface area contributed by atoms with E-state index in [1.165, 1.54) is 11.3 Å². The number of carbonyl (C=O) groups is 1. The van der Waals surface area contributed by atoms with E-state index in [-0.39, 0.29) is 5.91 Å². The molecule has 0 saturated heterocycles. The molecular formula is C15H18N2OS. The molecule has 1 amide bonds. The third kappa shape index (κ3) is 3.15. The van der Waals surface area contributed by atoms with Crippen molar-refractivity contribution in [3.05, 3.63) is 41.3 Å². The maximum atomic E-state index is 12.2. The molecule has 2 aromatic rings. The lowest BCUT2D eigenvalue weighted by molar-refractivity contribution is 0.0955. The largest absolute Gasteiger partial charge is 0.390 e. The fraction of sp³-hybridized carbons (Fsp3) is 0.267. The summed E-state index contributed by atoms with van der Waals surface area (Å²) in [5.74, 6) is -0.0777. The van der Waals surface area contributed by atoms with Gasteiger partial charge in [0.15, 0.2) is 0 Å². The molecule has 0 bridgehead atoms. The Balaban J connectivity index is 2.25. The Morgan fingerprint density at radius 3 is 2.74 bits per heavy atom. The molecule has 0 aliphatic carbocycles. The second kappa shape index (κ2) is 6.38. The molecule has 0 saturated carbocycles. The highest BCUT2D eigenvalue weighted by molar-refractivity contribution is 7.15. The molecule has 0 fully saturated rings. The van der Waals surface area contributed by atoms with Gasteiger partial charge in [0, 0.05) is 17.5 Å². The van der Waals surface area contributed by atoms with Gasteiger partial charge in [-0.15, -0.1) is 11.3 Å². The summed E-state index contributed by atoms with van der Waals surface area (Å²) in [5, 5.41) is 5.45. The fourth-order valence-corrected chi connectivity index (χ4v) is 2.72. The number of carbonyl (C=O) groups excluding carboxylic acids is 1. The van der Waals surface area contributed by atoms with Crippen molar-refractivity contribution in [3.63, 3.8) is 0 Å². The van der Waals surface area contributed by atoms with Crippen molar-refractivity contribution in [2.24, 2.45) is 0 Å². The number of nitrogens with two attached hydrogens (primary N) is 1. The lowest BCUT2D eigenvalue weighted by Gasteiger charge is -2.07. The van der Waals surface area contributed by atoms with Crippen molar-refractivity contribution in [1.82, 2.24) is 5.32 Å². The van der Waals surface area contributed by atoms with Crippen LogP contribution in [0, 0.1) is 0 Å². The quantitative estimate of drug-likeness (QED) is 0.819. The minimum Gasteiger partial charge on any atom is -0.390 e. The molecule has 1 heterocycles. The van der Waals surface area contributed by atoms with E-state index in [0.717, 1.165) is 24.0 Å². The highest BCUT2D eigenvalue weighted by Crippen LogP contribution is 2.33. The summed E-state index contributed by atoms with van der Waals surface area (Å²) in [5.41, 5.74) is 8.48. The molecule has 0 spiro atoms. The van der Waals surface area contributed by atoms with Crippen LogP contribution in [0.25, 0.3) is 11.1 Å². The Kier molecular flexibility index (Phi) is 4.58. The van der Waals surface area contributed by atoms with Crippen LogP contribution in [-0.2, 0) is 0 Å². The summed E-state index contributed by atoms with van der Waals surface area (Å²) in [7, 11) is 0. The first-order chi connectivity index (χ1) is 9.24. The number of amides is 1. The molecule has 0 radical (unpaired) electrons. The van der Waals surface area contributed by atoms with Crippen molar-refractivity contribution in [2.75, 3.05) is 12.3 Å². The van der Waals surface area contributed by atoms with Crippen molar-refractivity contribution in [2.45, 2.75) is 19.8 Å². The number of rotatable bonds is 5. The van der Waals surface area contributed by atoms with Crippen molar-refractivity contribution in [1.29, 1.82) is 0 Å². The zero-order valence-corrected chi connectivity index (χ0v) is 11.8. The third-order valence-corrected chi connectivity index (χ3v) is 3.76. The summed E-state index contributed by atoms with van der Waals surface area (Å²) >= 11 is 1.41. The number of unbranched alkanes of at least 4 members (excludes halogenated alkanes) is 1. The molecule has 3 nitrogen and oxygen atoms in total. The van der Waals surface area contributed by atoms with E-state index in [0.29, 0.717) is 17.1 Å². The van der Waals surface area contributed by atoms with Crippen LogP contribution in [0.3, 0.4) is 0 Å². The van der Waals surface area contributed by atoms with E-state index >= 15 is 0 Å². The van der Waals surface area contributed by atoms with Crippen LogP contribution >= 0.6 is 11.3 Å².